The maximum Gasteiger partial charge on any atom is 0.796 e. The molecule has 1 heterocycles. The van der Waals surface area contributed by atoms with Gasteiger partial charge in [0.25, 0.3) is 0 Å². The van der Waals surface area contributed by atoms with Gasteiger partial charge < -0.3 is 9.55 Å². The summed E-state index contributed by atoms with van der Waals surface area (Å²) < 4.78 is 31.2. The fourth-order valence-corrected chi connectivity index (χ4v) is 3.37. The minimum atomic E-state index is -2.93. The molecule has 6 heteroatoms. The Bertz CT molecular complexity index is 1190. The molecule has 0 saturated carbocycles. The van der Waals surface area contributed by atoms with Crippen LogP contribution in [0.25, 0.3) is 33.5 Å². The van der Waals surface area contributed by atoms with Crippen LogP contribution in [-0.2, 0) is 4.65 Å². The zero-order valence-corrected chi connectivity index (χ0v) is 16.1. The topological polar surface area (TPSA) is 25.4 Å². The molecule has 0 radical (unpaired) electrons. The number of rotatable bonds is 5. The van der Waals surface area contributed by atoms with Crippen LogP contribution < -0.4 is 4.90 Å². The van der Waals surface area contributed by atoms with Crippen LogP contribution in [0.2, 0.25) is 0 Å². The van der Waals surface area contributed by atoms with E-state index in [1.165, 1.54) is 0 Å². The lowest BCUT2D eigenvalue weighted by molar-refractivity contribution is 0.398. The molecule has 0 unspecified atom stereocenters. The highest BCUT2D eigenvalue weighted by molar-refractivity contribution is 6.36. The van der Waals surface area contributed by atoms with Gasteiger partial charge in [-0.1, -0.05) is 42.5 Å². The van der Waals surface area contributed by atoms with Gasteiger partial charge in [-0.2, -0.15) is 0 Å². The zero-order chi connectivity index (χ0) is 20.4. The van der Waals surface area contributed by atoms with Crippen molar-refractivity contribution < 1.29 is 13.3 Å². The maximum atomic E-state index is 13.2. The lowest BCUT2D eigenvalue weighted by atomic mass is 10.0. The van der Waals surface area contributed by atoms with Crippen molar-refractivity contribution in [3.05, 3.63) is 84.1 Å². The van der Waals surface area contributed by atoms with E-state index in [9.17, 15) is 8.63 Å². The Kier molecular flexibility index (Phi) is 5.17. The molecule has 3 aromatic carbocycles. The van der Waals surface area contributed by atoms with Crippen molar-refractivity contribution in [3.8, 4) is 0 Å². The summed E-state index contributed by atoms with van der Waals surface area (Å²) in [5.41, 5.74) is 2.93. The molecule has 0 saturated heterocycles. The number of hydrogen-bond acceptors (Lipinski definition) is 3. The number of hydrogen-bond donors (Lipinski definition) is 0. The number of anilines is 1. The molecule has 4 rings (SSSR count). The first-order chi connectivity index (χ1) is 14.0. The van der Waals surface area contributed by atoms with Gasteiger partial charge in [-0.3, -0.25) is 0 Å². The summed E-state index contributed by atoms with van der Waals surface area (Å²) in [6.45, 7) is 0. The highest BCUT2D eigenvalue weighted by Crippen LogP contribution is 2.30. The number of halogens is 2. The van der Waals surface area contributed by atoms with Gasteiger partial charge in [0.05, 0.1) is 11.2 Å². The zero-order valence-electron chi connectivity index (χ0n) is 16.1. The summed E-state index contributed by atoms with van der Waals surface area (Å²) >= 11 is 0. The van der Waals surface area contributed by atoms with E-state index >= 15 is 0 Å². The lowest BCUT2D eigenvalue weighted by Crippen LogP contribution is -2.08. The van der Waals surface area contributed by atoms with E-state index < -0.39 is 7.47 Å². The molecule has 0 atom stereocenters. The molecule has 0 N–H and O–H groups in total. The average molecular weight is 388 g/mol. The van der Waals surface area contributed by atoms with Crippen LogP contribution in [0, 0.1) is 0 Å². The summed E-state index contributed by atoms with van der Waals surface area (Å²) in [5, 5.41) is 2.92. The molecule has 0 aliphatic heterocycles. The Morgan fingerprint density at radius 2 is 1.48 bits per heavy atom. The van der Waals surface area contributed by atoms with Crippen molar-refractivity contribution in [2.24, 2.45) is 0 Å². The van der Waals surface area contributed by atoms with E-state index in [-0.39, 0.29) is 5.76 Å². The Morgan fingerprint density at radius 1 is 0.862 bits per heavy atom. The van der Waals surface area contributed by atoms with Gasteiger partial charge in [0.2, 0.25) is 0 Å². The van der Waals surface area contributed by atoms with E-state index in [1.807, 2.05) is 79.7 Å². The van der Waals surface area contributed by atoms with Gasteiger partial charge in [0.1, 0.15) is 5.76 Å². The van der Waals surface area contributed by atoms with Gasteiger partial charge in [-0.15, -0.1) is 0 Å². The van der Waals surface area contributed by atoms with Crippen molar-refractivity contribution >= 4 is 46.7 Å². The molecular weight excluding hydrogens is 369 g/mol. The SMILES string of the molecule is CN(C)c1ccc(/C(=C/c2nc3ccccc3c3ccccc23)OB(F)F)cc1. The molecule has 3 nitrogen and oxygen atoms in total. The second-order valence-corrected chi connectivity index (χ2v) is 6.89. The monoisotopic (exact) mass is 388 g/mol. The van der Waals surface area contributed by atoms with Crippen LogP contribution in [0.5, 0.6) is 0 Å². The number of pyridine rings is 1. The first-order valence-electron chi connectivity index (χ1n) is 9.24. The van der Waals surface area contributed by atoms with E-state index in [0.29, 0.717) is 11.3 Å². The van der Waals surface area contributed by atoms with E-state index in [0.717, 1.165) is 27.4 Å². The molecule has 0 aliphatic carbocycles. The summed E-state index contributed by atoms with van der Waals surface area (Å²) in [6.07, 6.45) is 1.59. The van der Waals surface area contributed by atoms with Crippen LogP contribution in [0.4, 0.5) is 14.3 Å². The third-order valence-corrected chi connectivity index (χ3v) is 4.79. The standard InChI is InChI=1S/C23H19BF2N2O/c1-28(2)17-13-11-16(12-14-17)23(29-24(25)26)15-22-20-9-4-3-7-18(20)19-8-5-6-10-21(19)27-22/h3-15H,1-2H3/b23-15-. The minimum Gasteiger partial charge on any atom is -0.505 e. The van der Waals surface area contributed by atoms with Crippen molar-refractivity contribution in [1.29, 1.82) is 0 Å². The van der Waals surface area contributed by atoms with Crippen LogP contribution in [0.1, 0.15) is 11.3 Å². The number of benzene rings is 3. The quantitative estimate of drug-likeness (QED) is 0.242. The molecule has 144 valence electrons. The molecule has 0 bridgehead atoms. The number of fused-ring (bicyclic) bond motifs is 3. The van der Waals surface area contributed by atoms with Crippen molar-refractivity contribution in [1.82, 2.24) is 4.98 Å². The molecule has 4 aromatic rings. The predicted molar refractivity (Wildman–Crippen MR) is 117 cm³/mol. The molecule has 29 heavy (non-hydrogen) atoms. The third kappa shape index (κ3) is 3.92. The number of nitrogens with zero attached hydrogens (tertiary/aromatic N) is 2. The van der Waals surface area contributed by atoms with Gasteiger partial charge >= 0.3 is 7.47 Å². The van der Waals surface area contributed by atoms with Gasteiger partial charge in [0, 0.05) is 42.2 Å². The molecular formula is C23H19BF2N2O. The van der Waals surface area contributed by atoms with Gasteiger partial charge in [-0.05, 0) is 35.7 Å². The van der Waals surface area contributed by atoms with Crippen molar-refractivity contribution in [3.63, 3.8) is 0 Å². The molecule has 0 fully saturated rings. The Balaban J connectivity index is 1.90. The number of aromatic nitrogens is 1. The van der Waals surface area contributed by atoms with Crippen molar-refractivity contribution in [2.45, 2.75) is 0 Å². The highest BCUT2D eigenvalue weighted by Gasteiger charge is 2.21. The molecule has 0 aliphatic rings. The smallest absolute Gasteiger partial charge is 0.505 e. The first kappa shape index (κ1) is 18.9. The van der Waals surface area contributed by atoms with Crippen LogP contribution in [0.15, 0.2) is 72.8 Å². The summed E-state index contributed by atoms with van der Waals surface area (Å²) in [4.78, 5) is 6.66. The van der Waals surface area contributed by atoms with Crippen molar-refractivity contribution in [2.75, 3.05) is 19.0 Å². The van der Waals surface area contributed by atoms with E-state index in [2.05, 4.69) is 0 Å². The molecule has 0 spiro atoms. The third-order valence-electron chi connectivity index (χ3n) is 4.79. The second kappa shape index (κ2) is 7.91. The Labute approximate surface area is 168 Å². The first-order valence-corrected chi connectivity index (χ1v) is 9.24. The van der Waals surface area contributed by atoms with Gasteiger partial charge in [0.15, 0.2) is 0 Å². The van der Waals surface area contributed by atoms with Crippen LogP contribution >= 0.6 is 0 Å². The maximum absolute atomic E-state index is 13.2. The Hall–Kier alpha value is -3.41. The minimum absolute atomic E-state index is 0.0817. The highest BCUT2D eigenvalue weighted by atomic mass is 19.2. The van der Waals surface area contributed by atoms with E-state index in [4.69, 9.17) is 9.64 Å². The molecule has 1 aromatic heterocycles. The number of para-hydroxylation sites is 1. The lowest BCUT2D eigenvalue weighted by Gasteiger charge is -2.14. The Morgan fingerprint density at radius 3 is 2.14 bits per heavy atom. The van der Waals surface area contributed by atoms with Crippen LogP contribution in [-0.4, -0.2) is 26.5 Å². The summed E-state index contributed by atoms with van der Waals surface area (Å²) in [6, 6.07) is 22.9. The fraction of sp³-hybridized carbons (Fsp3) is 0.0870. The van der Waals surface area contributed by atoms with Crippen LogP contribution in [0.3, 0.4) is 0 Å². The normalized spacial score (nSPS) is 11.7. The van der Waals surface area contributed by atoms with Gasteiger partial charge in [-0.25, -0.2) is 13.6 Å². The summed E-state index contributed by atoms with van der Waals surface area (Å²) in [7, 11) is 0.917. The summed E-state index contributed by atoms with van der Waals surface area (Å²) in [5.74, 6) is 0.0817. The average Bonchev–Trinajstić information content (AvgIpc) is 2.73. The molecule has 0 amide bonds. The van der Waals surface area contributed by atoms with E-state index in [1.54, 1.807) is 18.2 Å². The largest absolute Gasteiger partial charge is 0.796 e. The second-order valence-electron chi connectivity index (χ2n) is 6.89. The predicted octanol–water partition coefficient (Wildman–Crippen LogP) is 5.89. The fourth-order valence-electron chi connectivity index (χ4n) is 3.37.